The number of methoxy groups -OCH3 is 1. The largest absolute Gasteiger partial charge is 0.497 e. The lowest BCUT2D eigenvalue weighted by atomic mass is 10.1. The zero-order valence-corrected chi connectivity index (χ0v) is 13.1. The van der Waals surface area contributed by atoms with Crippen LogP contribution in [0.5, 0.6) is 5.75 Å². The van der Waals surface area contributed by atoms with Crippen LogP contribution in [-0.2, 0) is 0 Å². The zero-order valence-electron chi connectivity index (χ0n) is 12.3. The van der Waals surface area contributed by atoms with Gasteiger partial charge in [-0.25, -0.2) is 9.18 Å². The van der Waals surface area contributed by atoms with E-state index in [0.717, 1.165) is 0 Å². The molecule has 0 radical (unpaired) electrons. The molecule has 5 nitrogen and oxygen atoms in total. The third-order valence-electron chi connectivity index (χ3n) is 3.13. The fourth-order valence-corrected chi connectivity index (χ4v) is 2.05. The van der Waals surface area contributed by atoms with E-state index in [1.807, 2.05) is 0 Å². The SMILES string of the molecule is COc1ccc(Cl)c(NC(=O)NCC(O)c2ccc(F)cc2)c1. The zero-order chi connectivity index (χ0) is 16.8. The molecular weight excluding hydrogens is 323 g/mol. The van der Waals surface area contributed by atoms with Crippen molar-refractivity contribution >= 4 is 23.3 Å². The highest BCUT2D eigenvalue weighted by atomic mass is 35.5. The average molecular weight is 339 g/mol. The van der Waals surface area contributed by atoms with Crippen LogP contribution in [0.1, 0.15) is 11.7 Å². The van der Waals surface area contributed by atoms with Gasteiger partial charge in [-0.15, -0.1) is 0 Å². The number of benzene rings is 2. The van der Waals surface area contributed by atoms with E-state index >= 15 is 0 Å². The van der Waals surface area contributed by atoms with Crippen LogP contribution in [0.4, 0.5) is 14.9 Å². The van der Waals surface area contributed by atoms with Crippen molar-refractivity contribution in [3.05, 3.63) is 58.9 Å². The Morgan fingerprint density at radius 1 is 1.30 bits per heavy atom. The van der Waals surface area contributed by atoms with Gasteiger partial charge >= 0.3 is 6.03 Å². The number of aliphatic hydroxyl groups excluding tert-OH is 1. The molecule has 0 fully saturated rings. The topological polar surface area (TPSA) is 70.6 Å². The van der Waals surface area contributed by atoms with E-state index in [4.69, 9.17) is 16.3 Å². The number of aliphatic hydroxyl groups is 1. The minimum atomic E-state index is -0.942. The van der Waals surface area contributed by atoms with Gasteiger partial charge in [-0.3, -0.25) is 0 Å². The average Bonchev–Trinajstić information content (AvgIpc) is 2.55. The maximum Gasteiger partial charge on any atom is 0.319 e. The first-order chi connectivity index (χ1) is 11.0. The highest BCUT2D eigenvalue weighted by Gasteiger charge is 2.11. The van der Waals surface area contributed by atoms with Gasteiger partial charge in [0.25, 0.3) is 0 Å². The quantitative estimate of drug-likeness (QED) is 0.783. The number of urea groups is 1. The van der Waals surface area contributed by atoms with Crippen LogP contribution in [-0.4, -0.2) is 24.8 Å². The van der Waals surface area contributed by atoms with E-state index in [0.29, 0.717) is 22.0 Å². The van der Waals surface area contributed by atoms with Crippen molar-refractivity contribution in [2.24, 2.45) is 0 Å². The van der Waals surface area contributed by atoms with Gasteiger partial charge in [0.2, 0.25) is 0 Å². The van der Waals surface area contributed by atoms with Crippen LogP contribution in [0.3, 0.4) is 0 Å². The van der Waals surface area contributed by atoms with Crippen LogP contribution in [0.2, 0.25) is 5.02 Å². The summed E-state index contributed by atoms with van der Waals surface area (Å²) in [4.78, 5) is 11.9. The molecule has 0 aromatic heterocycles. The summed E-state index contributed by atoms with van der Waals surface area (Å²) < 4.78 is 17.9. The number of amides is 2. The third kappa shape index (κ3) is 4.84. The maximum absolute atomic E-state index is 12.8. The Hall–Kier alpha value is -2.31. The molecule has 0 aliphatic heterocycles. The summed E-state index contributed by atoms with van der Waals surface area (Å²) in [6.45, 7) is -0.0287. The Morgan fingerprint density at radius 2 is 2.00 bits per heavy atom. The molecular formula is C16H16ClFN2O3. The number of anilines is 1. The number of hydrogen-bond donors (Lipinski definition) is 3. The summed E-state index contributed by atoms with van der Waals surface area (Å²) in [5.41, 5.74) is 0.894. The molecule has 0 aliphatic rings. The second kappa shape index (κ2) is 7.80. The van der Waals surface area contributed by atoms with Gasteiger partial charge in [-0.1, -0.05) is 23.7 Å². The van der Waals surface area contributed by atoms with E-state index in [1.165, 1.54) is 31.4 Å². The third-order valence-corrected chi connectivity index (χ3v) is 3.46. The van der Waals surface area contributed by atoms with Crippen LogP contribution in [0.15, 0.2) is 42.5 Å². The lowest BCUT2D eigenvalue weighted by Gasteiger charge is -2.14. The van der Waals surface area contributed by atoms with Gasteiger partial charge in [-0.05, 0) is 29.8 Å². The normalized spacial score (nSPS) is 11.7. The van der Waals surface area contributed by atoms with Crippen molar-refractivity contribution in [2.75, 3.05) is 19.0 Å². The molecule has 0 aliphatic carbocycles. The van der Waals surface area contributed by atoms with Gasteiger partial charge < -0.3 is 20.5 Å². The number of nitrogens with one attached hydrogen (secondary N) is 2. The van der Waals surface area contributed by atoms with Crippen LogP contribution >= 0.6 is 11.6 Å². The minimum absolute atomic E-state index is 0.0287. The fraction of sp³-hybridized carbons (Fsp3) is 0.188. The molecule has 0 bridgehead atoms. The Balaban J connectivity index is 1.91. The molecule has 2 aromatic carbocycles. The molecule has 1 unspecified atom stereocenters. The Labute approximate surface area is 138 Å². The summed E-state index contributed by atoms with van der Waals surface area (Å²) in [5, 5.41) is 15.4. The molecule has 2 rings (SSSR count). The molecule has 122 valence electrons. The lowest BCUT2D eigenvalue weighted by Crippen LogP contribution is -2.32. The molecule has 0 heterocycles. The van der Waals surface area contributed by atoms with Gasteiger partial charge in [0.05, 0.1) is 23.9 Å². The van der Waals surface area contributed by atoms with Gasteiger partial charge in [0.1, 0.15) is 11.6 Å². The Bertz CT molecular complexity index is 680. The monoisotopic (exact) mass is 338 g/mol. The van der Waals surface area contributed by atoms with Crippen molar-refractivity contribution in [3.63, 3.8) is 0 Å². The van der Waals surface area contributed by atoms with Gasteiger partial charge in [0.15, 0.2) is 0 Å². The smallest absolute Gasteiger partial charge is 0.319 e. The first-order valence-electron chi connectivity index (χ1n) is 6.81. The molecule has 3 N–H and O–H groups in total. The number of halogens is 2. The molecule has 2 aromatic rings. The number of rotatable bonds is 5. The van der Waals surface area contributed by atoms with Gasteiger partial charge in [-0.2, -0.15) is 0 Å². The van der Waals surface area contributed by atoms with Crippen molar-refractivity contribution in [2.45, 2.75) is 6.10 Å². The summed E-state index contributed by atoms with van der Waals surface area (Å²) >= 11 is 5.99. The van der Waals surface area contributed by atoms with Crippen LogP contribution < -0.4 is 15.4 Å². The summed E-state index contributed by atoms with van der Waals surface area (Å²) in [6.07, 6.45) is -0.942. The molecule has 2 amide bonds. The molecule has 7 heteroatoms. The van der Waals surface area contributed by atoms with Crippen molar-refractivity contribution in [1.29, 1.82) is 0 Å². The van der Waals surface area contributed by atoms with Gasteiger partial charge in [0, 0.05) is 12.6 Å². The molecule has 23 heavy (non-hydrogen) atoms. The van der Waals surface area contributed by atoms with Crippen LogP contribution in [0.25, 0.3) is 0 Å². The predicted octanol–water partition coefficient (Wildman–Crippen LogP) is 3.34. The molecule has 0 spiro atoms. The number of ether oxygens (including phenoxy) is 1. The van der Waals surface area contributed by atoms with E-state index in [2.05, 4.69) is 10.6 Å². The van der Waals surface area contributed by atoms with E-state index < -0.39 is 12.1 Å². The van der Waals surface area contributed by atoms with E-state index in [1.54, 1.807) is 18.2 Å². The summed E-state index contributed by atoms with van der Waals surface area (Å²) in [6, 6.07) is 9.73. The number of hydrogen-bond acceptors (Lipinski definition) is 3. The van der Waals surface area contributed by atoms with Crippen LogP contribution in [0, 0.1) is 5.82 Å². The highest BCUT2D eigenvalue weighted by molar-refractivity contribution is 6.33. The number of carbonyl (C=O) groups excluding carboxylic acids is 1. The highest BCUT2D eigenvalue weighted by Crippen LogP contribution is 2.26. The predicted molar refractivity (Wildman–Crippen MR) is 86.4 cm³/mol. The van der Waals surface area contributed by atoms with Crippen molar-refractivity contribution in [1.82, 2.24) is 5.32 Å². The maximum atomic E-state index is 12.8. The van der Waals surface area contributed by atoms with Crippen molar-refractivity contribution in [3.8, 4) is 5.75 Å². The number of carbonyl (C=O) groups is 1. The minimum Gasteiger partial charge on any atom is -0.497 e. The van der Waals surface area contributed by atoms with E-state index in [9.17, 15) is 14.3 Å². The summed E-state index contributed by atoms with van der Waals surface area (Å²) in [5.74, 6) is 0.162. The second-order valence-electron chi connectivity index (χ2n) is 4.75. The first-order valence-corrected chi connectivity index (χ1v) is 7.19. The molecule has 0 saturated heterocycles. The Morgan fingerprint density at radius 3 is 2.65 bits per heavy atom. The lowest BCUT2D eigenvalue weighted by molar-refractivity contribution is 0.175. The summed E-state index contributed by atoms with van der Waals surface area (Å²) in [7, 11) is 1.51. The van der Waals surface area contributed by atoms with Crippen molar-refractivity contribution < 1.29 is 19.0 Å². The van der Waals surface area contributed by atoms with E-state index in [-0.39, 0.29) is 12.4 Å². The second-order valence-corrected chi connectivity index (χ2v) is 5.16. The molecule has 1 atom stereocenters. The first kappa shape index (κ1) is 17.1. The fourth-order valence-electron chi connectivity index (χ4n) is 1.89. The standard InChI is InChI=1S/C16H16ClFN2O3/c1-23-12-6-7-13(17)14(8-12)20-16(22)19-9-15(21)10-2-4-11(18)5-3-10/h2-8,15,21H,9H2,1H3,(H2,19,20,22). The Kier molecular flexibility index (Phi) is 5.78. The molecule has 0 saturated carbocycles.